The molecule has 36 heavy (non-hydrogen) atoms. The van der Waals surface area contributed by atoms with Crippen molar-refractivity contribution in [1.29, 1.82) is 5.26 Å². The van der Waals surface area contributed by atoms with Crippen LogP contribution in [-0.2, 0) is 19.8 Å². The van der Waals surface area contributed by atoms with Gasteiger partial charge in [0, 0.05) is 49.9 Å². The number of aromatic nitrogens is 3. The molecule has 7 nitrogen and oxygen atoms in total. The Bertz CT molecular complexity index is 1370. The third kappa shape index (κ3) is 4.57. The smallest absolute Gasteiger partial charge is 0.364 e. The summed E-state index contributed by atoms with van der Waals surface area (Å²) in [4.78, 5) is 16.9. The summed E-state index contributed by atoms with van der Waals surface area (Å²) in [6.07, 6.45) is -2.21. The number of hydrogen-bond donors (Lipinski definition) is 0. The molecule has 1 fully saturated rings. The van der Waals surface area contributed by atoms with Gasteiger partial charge in [-0.15, -0.1) is 0 Å². The summed E-state index contributed by atoms with van der Waals surface area (Å²) in [6, 6.07) is 5.71. The van der Waals surface area contributed by atoms with Crippen molar-refractivity contribution in [3.63, 3.8) is 0 Å². The van der Waals surface area contributed by atoms with Crippen LogP contribution in [0, 0.1) is 17.1 Å². The van der Waals surface area contributed by atoms with Gasteiger partial charge in [0.15, 0.2) is 0 Å². The zero-order valence-corrected chi connectivity index (χ0v) is 20.6. The fourth-order valence-corrected chi connectivity index (χ4v) is 5.07. The normalized spacial score (nSPS) is 20.0. The van der Waals surface area contributed by atoms with Crippen molar-refractivity contribution in [2.75, 3.05) is 18.0 Å². The van der Waals surface area contributed by atoms with E-state index < -0.39 is 23.6 Å². The van der Waals surface area contributed by atoms with Crippen molar-refractivity contribution in [2.24, 2.45) is 7.05 Å². The third-order valence-electron chi connectivity index (χ3n) is 7.11. The van der Waals surface area contributed by atoms with E-state index in [1.165, 1.54) is 15.3 Å². The maximum absolute atomic E-state index is 14.8. The molecular formula is C25H28F4N6O. The summed E-state index contributed by atoms with van der Waals surface area (Å²) in [5.41, 5.74) is 0.917. The first-order chi connectivity index (χ1) is 17.0. The van der Waals surface area contributed by atoms with Crippen molar-refractivity contribution in [1.82, 2.24) is 19.2 Å². The van der Waals surface area contributed by atoms with E-state index in [0.717, 1.165) is 6.07 Å². The highest BCUT2D eigenvalue weighted by Gasteiger charge is 2.37. The summed E-state index contributed by atoms with van der Waals surface area (Å²) in [5.74, 6) is -0.876. The topological polar surface area (TPSA) is 70.1 Å². The molecule has 0 bridgehead atoms. The molecule has 1 aromatic carbocycles. The van der Waals surface area contributed by atoms with E-state index >= 15 is 0 Å². The molecule has 3 aromatic rings. The van der Waals surface area contributed by atoms with E-state index in [0.29, 0.717) is 42.3 Å². The SMILES string of the molecule is CC[C@@H]1CN(c2cc(=O)n(C)c3cn(CC#N)nc23)[C@@H](C)CN1C(C)c1ccc(C(F)(F)F)cc1F. The molecule has 0 N–H and O–H groups in total. The van der Waals surface area contributed by atoms with Crippen LogP contribution < -0.4 is 10.5 Å². The van der Waals surface area contributed by atoms with Crippen LogP contribution >= 0.6 is 0 Å². The molecular weight excluding hydrogens is 476 g/mol. The van der Waals surface area contributed by atoms with Crippen LogP contribution in [0.5, 0.6) is 0 Å². The monoisotopic (exact) mass is 504 g/mol. The first kappa shape index (κ1) is 25.7. The molecule has 0 amide bonds. The van der Waals surface area contributed by atoms with E-state index in [9.17, 15) is 22.4 Å². The molecule has 0 radical (unpaired) electrons. The summed E-state index contributed by atoms with van der Waals surface area (Å²) < 4.78 is 56.8. The highest BCUT2D eigenvalue weighted by Crippen LogP contribution is 2.36. The lowest BCUT2D eigenvalue weighted by atomic mass is 9.97. The molecule has 1 unspecified atom stereocenters. The molecule has 0 aliphatic carbocycles. The fraction of sp³-hybridized carbons (Fsp3) is 0.480. The van der Waals surface area contributed by atoms with Gasteiger partial charge in [-0.1, -0.05) is 13.0 Å². The molecule has 0 spiro atoms. The quantitative estimate of drug-likeness (QED) is 0.480. The number of alkyl halides is 3. The first-order valence-corrected chi connectivity index (χ1v) is 11.8. The van der Waals surface area contributed by atoms with Gasteiger partial charge in [0.2, 0.25) is 0 Å². The second-order valence-electron chi connectivity index (χ2n) is 9.32. The van der Waals surface area contributed by atoms with Crippen LogP contribution in [-0.4, -0.2) is 44.4 Å². The second-order valence-corrected chi connectivity index (χ2v) is 9.32. The fourth-order valence-electron chi connectivity index (χ4n) is 5.07. The summed E-state index contributed by atoms with van der Waals surface area (Å²) in [5, 5.41) is 13.6. The average molecular weight is 505 g/mol. The lowest BCUT2D eigenvalue weighted by Gasteiger charge is -2.48. The molecule has 11 heteroatoms. The van der Waals surface area contributed by atoms with Crippen LogP contribution in [0.4, 0.5) is 23.2 Å². The maximum Gasteiger partial charge on any atom is 0.416 e. The second kappa shape index (κ2) is 9.58. The summed E-state index contributed by atoms with van der Waals surface area (Å²) in [6.45, 7) is 6.89. The zero-order chi connectivity index (χ0) is 26.4. The first-order valence-electron chi connectivity index (χ1n) is 11.8. The highest BCUT2D eigenvalue weighted by atomic mass is 19.4. The molecule has 2 aromatic heterocycles. The molecule has 4 rings (SSSR count). The van der Waals surface area contributed by atoms with Crippen molar-refractivity contribution < 1.29 is 17.6 Å². The number of pyridine rings is 1. The van der Waals surface area contributed by atoms with Gasteiger partial charge in [-0.05, 0) is 32.4 Å². The minimum atomic E-state index is -4.60. The predicted molar refractivity (Wildman–Crippen MR) is 128 cm³/mol. The van der Waals surface area contributed by atoms with Crippen LogP contribution in [0.3, 0.4) is 0 Å². The van der Waals surface area contributed by atoms with Crippen molar-refractivity contribution >= 4 is 16.7 Å². The standard InChI is InChI=1S/C25H28F4N6O/c1-5-18-13-34(21-11-23(36)32(4)22-14-33(9-8-30)31-24(21)22)15(2)12-35(18)16(3)19-7-6-17(10-20(19)26)25(27,28)29/h6-7,10-11,14-16,18H,5,9,12-13H2,1-4H3/t15-,16?,18+/m0/s1. The average Bonchev–Trinajstić information content (AvgIpc) is 3.25. The Labute approximate surface area is 206 Å². The number of halogens is 4. The Balaban J connectivity index is 1.67. The molecule has 0 saturated carbocycles. The predicted octanol–water partition coefficient (Wildman–Crippen LogP) is 4.47. The number of piperazine rings is 1. The van der Waals surface area contributed by atoms with E-state index in [-0.39, 0.29) is 29.8 Å². The van der Waals surface area contributed by atoms with Gasteiger partial charge in [-0.25, -0.2) is 4.39 Å². The van der Waals surface area contributed by atoms with Crippen LogP contribution in [0.25, 0.3) is 11.0 Å². The van der Waals surface area contributed by atoms with Crippen LogP contribution in [0.1, 0.15) is 44.4 Å². The number of benzene rings is 1. The molecule has 1 saturated heterocycles. The Morgan fingerprint density at radius 1 is 1.25 bits per heavy atom. The van der Waals surface area contributed by atoms with Gasteiger partial charge >= 0.3 is 6.18 Å². The largest absolute Gasteiger partial charge is 0.416 e. The minimum Gasteiger partial charge on any atom is -0.364 e. The van der Waals surface area contributed by atoms with Crippen LogP contribution in [0.2, 0.25) is 0 Å². The molecule has 3 atom stereocenters. The lowest BCUT2D eigenvalue weighted by molar-refractivity contribution is -0.137. The Hall–Kier alpha value is -3.39. The minimum absolute atomic E-state index is 0.0433. The zero-order valence-electron chi connectivity index (χ0n) is 20.6. The number of rotatable bonds is 5. The van der Waals surface area contributed by atoms with Gasteiger partial charge in [0.05, 0.1) is 29.0 Å². The molecule has 192 valence electrons. The lowest BCUT2D eigenvalue weighted by Crippen LogP contribution is -2.58. The molecule has 1 aliphatic heterocycles. The van der Waals surface area contributed by atoms with Gasteiger partial charge < -0.3 is 9.47 Å². The maximum atomic E-state index is 14.8. The van der Waals surface area contributed by atoms with Gasteiger partial charge in [-0.3, -0.25) is 14.4 Å². The van der Waals surface area contributed by atoms with E-state index in [1.807, 2.05) is 13.8 Å². The van der Waals surface area contributed by atoms with Crippen molar-refractivity contribution in [3.05, 3.63) is 57.8 Å². The number of anilines is 1. The van der Waals surface area contributed by atoms with Crippen LogP contribution in [0.15, 0.2) is 35.3 Å². The van der Waals surface area contributed by atoms with E-state index in [4.69, 9.17) is 5.26 Å². The number of nitriles is 1. The van der Waals surface area contributed by atoms with Gasteiger partial charge in [0.25, 0.3) is 5.56 Å². The number of fused-ring (bicyclic) bond motifs is 1. The molecule has 3 heterocycles. The number of nitrogens with zero attached hydrogens (tertiary/aromatic N) is 6. The Morgan fingerprint density at radius 3 is 2.58 bits per heavy atom. The third-order valence-corrected chi connectivity index (χ3v) is 7.11. The number of aryl methyl sites for hydroxylation is 1. The summed E-state index contributed by atoms with van der Waals surface area (Å²) >= 11 is 0. The van der Waals surface area contributed by atoms with Crippen molar-refractivity contribution in [2.45, 2.75) is 58.0 Å². The van der Waals surface area contributed by atoms with Crippen molar-refractivity contribution in [3.8, 4) is 6.07 Å². The Kier molecular flexibility index (Phi) is 6.84. The van der Waals surface area contributed by atoms with Gasteiger partial charge in [-0.2, -0.15) is 23.5 Å². The summed E-state index contributed by atoms with van der Waals surface area (Å²) in [7, 11) is 1.66. The molecule has 1 aliphatic rings. The highest BCUT2D eigenvalue weighted by molar-refractivity contribution is 5.88. The number of hydrogen-bond acceptors (Lipinski definition) is 5. The van der Waals surface area contributed by atoms with Gasteiger partial charge in [0.1, 0.15) is 17.9 Å². The van der Waals surface area contributed by atoms with E-state index in [1.54, 1.807) is 26.2 Å². The Morgan fingerprint density at radius 2 is 1.97 bits per heavy atom. The van der Waals surface area contributed by atoms with E-state index in [2.05, 4.69) is 21.0 Å².